The van der Waals surface area contributed by atoms with Crippen LogP contribution in [-0.4, -0.2) is 10.9 Å². The number of nitrogens with zero attached hydrogens (tertiary/aromatic N) is 2. The predicted molar refractivity (Wildman–Crippen MR) is 101 cm³/mol. The number of hydrogen-bond acceptors (Lipinski definition) is 4. The maximum atomic E-state index is 12.6. The fourth-order valence-electron chi connectivity index (χ4n) is 2.85. The highest BCUT2D eigenvalue weighted by Gasteiger charge is 2.21. The standard InChI is InChI=1S/C19H14BrN3O3/c1-11-18(22-13-7-3-4-8-14(13)23(11)25)19(24)21-10-16-17(20)12-6-2-5-9-15(12)26-16/h2-9H,10H2,1H3,(H,21,24). The smallest absolute Gasteiger partial charge is 0.276 e. The number of furan rings is 1. The Kier molecular flexibility index (Phi) is 4.08. The van der Waals surface area contributed by atoms with Gasteiger partial charge in [0.15, 0.2) is 5.69 Å². The van der Waals surface area contributed by atoms with E-state index in [2.05, 4.69) is 26.2 Å². The largest absolute Gasteiger partial charge is 0.618 e. The molecule has 4 rings (SSSR count). The molecule has 1 amide bonds. The monoisotopic (exact) mass is 411 g/mol. The van der Waals surface area contributed by atoms with Crippen molar-refractivity contribution in [1.82, 2.24) is 10.3 Å². The molecule has 0 saturated carbocycles. The Morgan fingerprint density at radius 3 is 2.77 bits per heavy atom. The lowest BCUT2D eigenvalue weighted by molar-refractivity contribution is -0.584. The maximum absolute atomic E-state index is 12.6. The fourth-order valence-corrected chi connectivity index (χ4v) is 3.40. The molecular formula is C19H14BrN3O3. The first kappa shape index (κ1) is 16.5. The molecule has 0 fully saturated rings. The second-order valence-corrected chi connectivity index (χ2v) is 6.64. The molecular weight excluding hydrogens is 398 g/mol. The summed E-state index contributed by atoms with van der Waals surface area (Å²) in [6, 6.07) is 14.5. The third kappa shape index (κ3) is 2.70. The van der Waals surface area contributed by atoms with Crippen LogP contribution in [0.3, 0.4) is 0 Å². The van der Waals surface area contributed by atoms with Crippen LogP contribution in [0.15, 0.2) is 57.4 Å². The average molecular weight is 412 g/mol. The van der Waals surface area contributed by atoms with Gasteiger partial charge in [0.1, 0.15) is 16.9 Å². The van der Waals surface area contributed by atoms with Crippen molar-refractivity contribution >= 4 is 43.8 Å². The maximum Gasteiger partial charge on any atom is 0.276 e. The minimum atomic E-state index is -0.426. The van der Waals surface area contributed by atoms with Gasteiger partial charge >= 0.3 is 0 Å². The van der Waals surface area contributed by atoms with Crippen LogP contribution in [0.25, 0.3) is 22.0 Å². The molecule has 0 radical (unpaired) electrons. The zero-order valence-corrected chi connectivity index (χ0v) is 15.4. The molecule has 26 heavy (non-hydrogen) atoms. The lowest BCUT2D eigenvalue weighted by Crippen LogP contribution is -2.36. The Morgan fingerprint density at radius 1 is 1.23 bits per heavy atom. The Hall–Kier alpha value is -2.93. The molecule has 4 aromatic rings. The van der Waals surface area contributed by atoms with Crippen LogP contribution in [0.1, 0.15) is 21.9 Å². The first-order valence-corrected chi connectivity index (χ1v) is 8.78. The highest BCUT2D eigenvalue weighted by Crippen LogP contribution is 2.30. The van der Waals surface area contributed by atoms with Crippen molar-refractivity contribution in [3.63, 3.8) is 0 Å². The molecule has 0 atom stereocenters. The summed E-state index contributed by atoms with van der Waals surface area (Å²) in [7, 11) is 0. The van der Waals surface area contributed by atoms with Crippen molar-refractivity contribution < 1.29 is 13.9 Å². The van der Waals surface area contributed by atoms with Crippen LogP contribution < -0.4 is 10.0 Å². The number of carbonyl (C=O) groups excluding carboxylic acids is 1. The number of nitrogens with one attached hydrogen (secondary N) is 1. The number of benzene rings is 2. The molecule has 0 saturated heterocycles. The highest BCUT2D eigenvalue weighted by molar-refractivity contribution is 9.10. The van der Waals surface area contributed by atoms with E-state index in [-0.39, 0.29) is 17.9 Å². The van der Waals surface area contributed by atoms with Crippen molar-refractivity contribution in [2.75, 3.05) is 0 Å². The van der Waals surface area contributed by atoms with Gasteiger partial charge in [-0.15, -0.1) is 0 Å². The van der Waals surface area contributed by atoms with Crippen LogP contribution in [0.4, 0.5) is 0 Å². The van der Waals surface area contributed by atoms with Crippen molar-refractivity contribution in [3.8, 4) is 0 Å². The topological polar surface area (TPSA) is 82.1 Å². The molecule has 130 valence electrons. The van der Waals surface area contributed by atoms with E-state index in [9.17, 15) is 10.0 Å². The van der Waals surface area contributed by atoms with E-state index in [0.29, 0.717) is 16.8 Å². The molecule has 0 spiro atoms. The van der Waals surface area contributed by atoms with Crippen LogP contribution in [-0.2, 0) is 6.54 Å². The molecule has 2 aromatic heterocycles. The second kappa shape index (κ2) is 6.42. The summed E-state index contributed by atoms with van der Waals surface area (Å²) in [5.41, 5.74) is 2.00. The normalized spacial score (nSPS) is 11.2. The SMILES string of the molecule is Cc1c(C(=O)NCc2oc3ccccc3c2Br)nc2ccccc2[n+]1[O-]. The number of amides is 1. The van der Waals surface area contributed by atoms with Gasteiger partial charge in [-0.05, 0) is 34.1 Å². The van der Waals surface area contributed by atoms with E-state index in [1.165, 1.54) is 0 Å². The Balaban J connectivity index is 1.63. The summed E-state index contributed by atoms with van der Waals surface area (Å²) in [5, 5.41) is 16.1. The van der Waals surface area contributed by atoms with Gasteiger partial charge in [-0.3, -0.25) is 4.79 Å². The zero-order chi connectivity index (χ0) is 18.3. The number of halogens is 1. The van der Waals surface area contributed by atoms with Crippen LogP contribution >= 0.6 is 15.9 Å². The highest BCUT2D eigenvalue weighted by atomic mass is 79.9. The number of hydrogen-bond donors (Lipinski definition) is 1. The van der Waals surface area contributed by atoms with E-state index < -0.39 is 5.91 Å². The third-order valence-corrected chi connectivity index (χ3v) is 5.08. The van der Waals surface area contributed by atoms with Crippen molar-refractivity contribution in [2.45, 2.75) is 13.5 Å². The number of fused-ring (bicyclic) bond motifs is 2. The molecule has 0 bridgehead atoms. The predicted octanol–water partition coefficient (Wildman–Crippen LogP) is 3.62. The van der Waals surface area contributed by atoms with Gasteiger partial charge in [0.25, 0.3) is 5.91 Å². The third-order valence-electron chi connectivity index (χ3n) is 4.21. The Labute approximate surface area is 157 Å². The van der Waals surface area contributed by atoms with E-state index >= 15 is 0 Å². The molecule has 0 aliphatic carbocycles. The summed E-state index contributed by atoms with van der Waals surface area (Å²) in [6.45, 7) is 1.76. The van der Waals surface area contributed by atoms with Crippen molar-refractivity contribution in [1.29, 1.82) is 0 Å². The first-order valence-electron chi connectivity index (χ1n) is 7.99. The molecule has 7 heteroatoms. The molecule has 0 aliphatic heterocycles. The quantitative estimate of drug-likeness (QED) is 0.412. The number of rotatable bonds is 3. The van der Waals surface area contributed by atoms with Crippen molar-refractivity contribution in [2.24, 2.45) is 0 Å². The summed E-state index contributed by atoms with van der Waals surface area (Å²) >= 11 is 3.50. The van der Waals surface area contributed by atoms with Gasteiger partial charge in [0, 0.05) is 18.4 Å². The van der Waals surface area contributed by atoms with Crippen molar-refractivity contribution in [3.05, 3.63) is 75.4 Å². The van der Waals surface area contributed by atoms with E-state index in [1.807, 2.05) is 24.3 Å². The minimum Gasteiger partial charge on any atom is -0.618 e. The fraction of sp³-hybridized carbons (Fsp3) is 0.105. The summed E-state index contributed by atoms with van der Waals surface area (Å²) in [5.74, 6) is 0.179. The van der Waals surface area contributed by atoms with Gasteiger partial charge in [0.2, 0.25) is 11.2 Å². The lowest BCUT2D eigenvalue weighted by atomic mass is 10.2. The van der Waals surface area contributed by atoms with E-state index in [4.69, 9.17) is 4.42 Å². The van der Waals surface area contributed by atoms with Crippen LogP contribution in [0, 0.1) is 12.1 Å². The molecule has 2 heterocycles. The zero-order valence-electron chi connectivity index (χ0n) is 13.8. The summed E-state index contributed by atoms with van der Waals surface area (Å²) < 4.78 is 7.29. The lowest BCUT2D eigenvalue weighted by Gasteiger charge is -2.09. The minimum absolute atomic E-state index is 0.103. The molecule has 6 nitrogen and oxygen atoms in total. The molecule has 0 unspecified atom stereocenters. The number of aromatic nitrogens is 2. The average Bonchev–Trinajstić information content (AvgIpc) is 2.99. The van der Waals surface area contributed by atoms with Crippen LogP contribution in [0.2, 0.25) is 0 Å². The van der Waals surface area contributed by atoms with E-state index in [1.54, 1.807) is 31.2 Å². The second-order valence-electron chi connectivity index (χ2n) is 5.85. The number of para-hydroxylation sites is 3. The van der Waals surface area contributed by atoms with Gasteiger partial charge < -0.3 is 14.9 Å². The van der Waals surface area contributed by atoms with Gasteiger partial charge in [-0.2, -0.15) is 4.73 Å². The van der Waals surface area contributed by atoms with Gasteiger partial charge in [-0.25, -0.2) is 4.98 Å². The first-order chi connectivity index (χ1) is 12.6. The molecule has 2 aromatic carbocycles. The van der Waals surface area contributed by atoms with E-state index in [0.717, 1.165) is 20.2 Å². The summed E-state index contributed by atoms with van der Waals surface area (Å²) in [4.78, 5) is 16.9. The van der Waals surface area contributed by atoms with Gasteiger partial charge in [0.05, 0.1) is 11.0 Å². The number of carbonyl (C=O) groups is 1. The summed E-state index contributed by atoms with van der Waals surface area (Å²) in [6.07, 6.45) is 0. The molecule has 0 aliphatic rings. The Bertz CT molecular complexity index is 1150. The molecule has 1 N–H and O–H groups in total. The Morgan fingerprint density at radius 2 is 1.96 bits per heavy atom. The van der Waals surface area contributed by atoms with Crippen LogP contribution in [0.5, 0.6) is 0 Å². The van der Waals surface area contributed by atoms with Gasteiger partial charge in [-0.1, -0.05) is 24.3 Å².